The average Bonchev–Trinajstić information content (AvgIpc) is 2.75. The third-order valence-electron chi connectivity index (χ3n) is 2.50. The smallest absolute Gasteiger partial charge is 0.216 e. The number of hydrogen-bond acceptors (Lipinski definition) is 4. The van der Waals surface area contributed by atoms with Crippen LogP contribution in [0.1, 0.15) is 31.9 Å². The van der Waals surface area contributed by atoms with E-state index in [-0.39, 0.29) is 5.91 Å². The molecule has 1 heterocycles. The van der Waals surface area contributed by atoms with Crippen LogP contribution in [-0.4, -0.2) is 38.5 Å². The lowest BCUT2D eigenvalue weighted by molar-refractivity contribution is -0.119. The second-order valence-corrected chi connectivity index (χ2v) is 3.91. The number of carbonyl (C=O) groups is 1. The van der Waals surface area contributed by atoms with Crippen molar-refractivity contribution in [2.75, 3.05) is 6.54 Å². The van der Waals surface area contributed by atoms with Crippen molar-refractivity contribution in [2.45, 2.75) is 39.0 Å². The maximum atomic E-state index is 10.6. The Balaban J connectivity index is 2.45. The van der Waals surface area contributed by atoms with Crippen LogP contribution >= 0.6 is 0 Å². The minimum atomic E-state index is -0.968. The number of nitrogens with one attached hydrogen (secondary N) is 1. The fourth-order valence-corrected chi connectivity index (χ4v) is 1.48. The highest BCUT2D eigenvalue weighted by Crippen LogP contribution is 2.17. The van der Waals surface area contributed by atoms with E-state index in [0.29, 0.717) is 25.1 Å². The van der Waals surface area contributed by atoms with E-state index in [2.05, 4.69) is 10.4 Å². The Morgan fingerprint density at radius 1 is 1.59 bits per heavy atom. The van der Waals surface area contributed by atoms with E-state index in [1.54, 1.807) is 10.9 Å². The molecule has 1 amide bonds. The van der Waals surface area contributed by atoms with Gasteiger partial charge < -0.3 is 15.5 Å². The molecule has 0 aromatic carbocycles. The van der Waals surface area contributed by atoms with Crippen molar-refractivity contribution < 1.29 is 15.0 Å². The largest absolute Gasteiger partial charge is 0.390 e. The number of aliphatic hydroxyl groups is 2. The lowest BCUT2D eigenvalue weighted by atomic mass is 10.1. The molecule has 0 bridgehead atoms. The quantitative estimate of drug-likeness (QED) is 0.645. The van der Waals surface area contributed by atoms with Crippen molar-refractivity contribution in [3.05, 3.63) is 18.0 Å². The van der Waals surface area contributed by atoms with Crippen molar-refractivity contribution in [3.63, 3.8) is 0 Å². The Kier molecular flexibility index (Phi) is 5.11. The summed E-state index contributed by atoms with van der Waals surface area (Å²) in [6.07, 6.45) is 1.67. The van der Waals surface area contributed by atoms with E-state index in [4.69, 9.17) is 0 Å². The molecule has 1 aromatic rings. The van der Waals surface area contributed by atoms with Gasteiger partial charge in [0.25, 0.3) is 0 Å². The highest BCUT2D eigenvalue weighted by molar-refractivity contribution is 5.72. The number of amides is 1. The van der Waals surface area contributed by atoms with Gasteiger partial charge in [0.05, 0.1) is 12.3 Å². The van der Waals surface area contributed by atoms with E-state index in [1.165, 1.54) is 13.1 Å². The second kappa shape index (κ2) is 6.36. The molecule has 0 fully saturated rings. The molecule has 3 N–H and O–H groups in total. The Hall–Kier alpha value is -1.40. The summed E-state index contributed by atoms with van der Waals surface area (Å²) in [7, 11) is 0. The first kappa shape index (κ1) is 13.7. The Morgan fingerprint density at radius 3 is 2.82 bits per heavy atom. The van der Waals surface area contributed by atoms with Crippen LogP contribution in [0, 0.1) is 0 Å². The van der Waals surface area contributed by atoms with E-state index in [0.717, 1.165) is 0 Å². The summed E-state index contributed by atoms with van der Waals surface area (Å²) in [6.45, 7) is 4.41. The number of aliphatic hydroxyl groups excluding tert-OH is 2. The molecule has 1 rings (SSSR count). The molecule has 0 aliphatic carbocycles. The summed E-state index contributed by atoms with van der Waals surface area (Å²) >= 11 is 0. The summed E-state index contributed by atoms with van der Waals surface area (Å²) in [5.41, 5.74) is 0.585. The van der Waals surface area contributed by atoms with E-state index >= 15 is 0 Å². The van der Waals surface area contributed by atoms with E-state index in [1.807, 2.05) is 6.92 Å². The fourth-order valence-electron chi connectivity index (χ4n) is 1.48. The van der Waals surface area contributed by atoms with Crippen molar-refractivity contribution in [2.24, 2.45) is 0 Å². The summed E-state index contributed by atoms with van der Waals surface area (Å²) in [5, 5.41) is 26.2. The Labute approximate surface area is 100 Å². The minimum Gasteiger partial charge on any atom is -0.390 e. The van der Waals surface area contributed by atoms with Crippen LogP contribution in [0.3, 0.4) is 0 Å². The van der Waals surface area contributed by atoms with Gasteiger partial charge in [-0.25, -0.2) is 0 Å². The highest BCUT2D eigenvalue weighted by atomic mass is 16.3. The Morgan fingerprint density at radius 2 is 2.29 bits per heavy atom. The molecule has 1 aromatic heterocycles. The lowest BCUT2D eigenvalue weighted by Gasteiger charge is -2.16. The normalized spacial score (nSPS) is 14.4. The molecular weight excluding hydrogens is 222 g/mol. The summed E-state index contributed by atoms with van der Waals surface area (Å²) in [4.78, 5) is 10.6. The SMILES string of the molecule is CCn1cc(C(O)C(O)CCNC(C)=O)cn1. The van der Waals surface area contributed by atoms with Gasteiger partial charge in [-0.2, -0.15) is 5.10 Å². The Bertz CT molecular complexity index is 365. The van der Waals surface area contributed by atoms with Gasteiger partial charge in [0.1, 0.15) is 6.10 Å². The van der Waals surface area contributed by atoms with Crippen molar-refractivity contribution in [1.29, 1.82) is 0 Å². The summed E-state index contributed by atoms with van der Waals surface area (Å²) < 4.78 is 1.68. The van der Waals surface area contributed by atoms with Gasteiger partial charge in [-0.05, 0) is 13.3 Å². The standard InChI is InChI=1S/C11H19N3O3/c1-3-14-7-9(6-13-14)11(17)10(16)4-5-12-8(2)15/h6-7,10-11,16-17H,3-5H2,1-2H3,(H,12,15). The number of nitrogens with zero attached hydrogens (tertiary/aromatic N) is 2. The zero-order valence-electron chi connectivity index (χ0n) is 10.1. The molecule has 96 valence electrons. The zero-order valence-corrected chi connectivity index (χ0v) is 10.1. The summed E-state index contributed by atoms with van der Waals surface area (Å²) in [5.74, 6) is -0.148. The predicted molar refractivity (Wildman–Crippen MR) is 62.2 cm³/mol. The molecule has 6 heteroatoms. The van der Waals surface area contributed by atoms with E-state index in [9.17, 15) is 15.0 Å². The van der Waals surface area contributed by atoms with Gasteiger partial charge >= 0.3 is 0 Å². The molecule has 0 saturated carbocycles. The fraction of sp³-hybridized carbons (Fsp3) is 0.636. The molecular formula is C11H19N3O3. The van der Waals surface area contributed by atoms with Crippen LogP contribution in [0.5, 0.6) is 0 Å². The third-order valence-corrected chi connectivity index (χ3v) is 2.50. The van der Waals surface area contributed by atoms with Crippen LogP contribution in [0.2, 0.25) is 0 Å². The van der Waals surface area contributed by atoms with Crippen molar-refractivity contribution in [3.8, 4) is 0 Å². The lowest BCUT2D eigenvalue weighted by Crippen LogP contribution is -2.27. The maximum absolute atomic E-state index is 10.6. The average molecular weight is 241 g/mol. The molecule has 6 nitrogen and oxygen atoms in total. The number of rotatable bonds is 6. The molecule has 2 atom stereocenters. The second-order valence-electron chi connectivity index (χ2n) is 3.91. The van der Waals surface area contributed by atoms with Crippen molar-refractivity contribution >= 4 is 5.91 Å². The minimum absolute atomic E-state index is 0.148. The monoisotopic (exact) mass is 241 g/mol. The number of aromatic nitrogens is 2. The number of hydrogen-bond donors (Lipinski definition) is 3. The van der Waals surface area contributed by atoms with Crippen LogP contribution in [0.15, 0.2) is 12.4 Å². The van der Waals surface area contributed by atoms with Crippen LogP contribution in [0.4, 0.5) is 0 Å². The zero-order chi connectivity index (χ0) is 12.8. The van der Waals surface area contributed by atoms with Gasteiger partial charge in [0.2, 0.25) is 5.91 Å². The van der Waals surface area contributed by atoms with Crippen molar-refractivity contribution in [1.82, 2.24) is 15.1 Å². The summed E-state index contributed by atoms with van der Waals surface area (Å²) in [6, 6.07) is 0. The molecule has 2 unspecified atom stereocenters. The highest BCUT2D eigenvalue weighted by Gasteiger charge is 2.19. The third kappa shape index (κ3) is 4.16. The van der Waals surface area contributed by atoms with E-state index < -0.39 is 12.2 Å². The molecule has 0 aliphatic rings. The molecule has 17 heavy (non-hydrogen) atoms. The first-order valence-electron chi connectivity index (χ1n) is 5.67. The first-order valence-corrected chi connectivity index (χ1v) is 5.67. The predicted octanol–water partition coefficient (Wildman–Crippen LogP) is -0.177. The van der Waals surface area contributed by atoms with Gasteiger partial charge in [0.15, 0.2) is 0 Å². The van der Waals surface area contributed by atoms with Gasteiger partial charge in [-0.3, -0.25) is 9.48 Å². The van der Waals surface area contributed by atoms with Crippen LogP contribution < -0.4 is 5.32 Å². The van der Waals surface area contributed by atoms with Gasteiger partial charge in [-0.15, -0.1) is 0 Å². The molecule has 0 spiro atoms. The molecule has 0 aliphatic heterocycles. The molecule has 0 radical (unpaired) electrons. The number of carbonyl (C=O) groups excluding carboxylic acids is 1. The molecule has 0 saturated heterocycles. The van der Waals surface area contributed by atoms with Gasteiger partial charge in [0, 0.05) is 31.8 Å². The first-order chi connectivity index (χ1) is 8.04. The number of aryl methyl sites for hydroxylation is 1. The van der Waals surface area contributed by atoms with Crippen LogP contribution in [-0.2, 0) is 11.3 Å². The topological polar surface area (TPSA) is 87.4 Å². The maximum Gasteiger partial charge on any atom is 0.216 e. The van der Waals surface area contributed by atoms with Crippen LogP contribution in [0.25, 0.3) is 0 Å². The van der Waals surface area contributed by atoms with Gasteiger partial charge in [-0.1, -0.05) is 0 Å².